The van der Waals surface area contributed by atoms with Crippen molar-refractivity contribution in [2.45, 2.75) is 19.4 Å². The lowest BCUT2D eigenvalue weighted by molar-refractivity contribution is 0.0677. The molecule has 5 nitrogen and oxygen atoms in total. The number of aromatic nitrogens is 2. The summed E-state index contributed by atoms with van der Waals surface area (Å²) in [6.07, 6.45) is 6.43. The van der Waals surface area contributed by atoms with Crippen LogP contribution in [0.25, 0.3) is 5.65 Å². The molecule has 0 unspecified atom stereocenters. The Morgan fingerprint density at radius 2 is 2.08 bits per heavy atom. The SMILES string of the molecule is C[C@@H]1c2ccccc2CCN1C(=O)c1cc(N(C)C)c2nccn2c1. The van der Waals surface area contributed by atoms with Gasteiger partial charge in [0, 0.05) is 39.2 Å². The van der Waals surface area contributed by atoms with Gasteiger partial charge < -0.3 is 14.2 Å². The third kappa shape index (κ3) is 2.56. The van der Waals surface area contributed by atoms with Gasteiger partial charge >= 0.3 is 0 Å². The maximum atomic E-state index is 13.2. The molecule has 4 rings (SSSR count). The van der Waals surface area contributed by atoms with Crippen molar-refractivity contribution in [2.24, 2.45) is 0 Å². The molecule has 1 aliphatic heterocycles. The van der Waals surface area contributed by atoms with Gasteiger partial charge in [-0.3, -0.25) is 4.79 Å². The molecule has 1 aliphatic rings. The molecule has 0 saturated carbocycles. The van der Waals surface area contributed by atoms with E-state index in [4.69, 9.17) is 0 Å². The first kappa shape index (κ1) is 15.7. The second-order valence-electron chi connectivity index (χ2n) is 6.79. The van der Waals surface area contributed by atoms with Gasteiger partial charge in [0.25, 0.3) is 5.91 Å². The van der Waals surface area contributed by atoms with Gasteiger partial charge in [0.05, 0.1) is 17.3 Å². The van der Waals surface area contributed by atoms with E-state index in [-0.39, 0.29) is 11.9 Å². The molecule has 0 radical (unpaired) electrons. The van der Waals surface area contributed by atoms with Crippen LogP contribution < -0.4 is 4.90 Å². The Labute approximate surface area is 147 Å². The number of carbonyl (C=O) groups excluding carboxylic acids is 1. The maximum absolute atomic E-state index is 13.2. The van der Waals surface area contributed by atoms with Crippen molar-refractivity contribution < 1.29 is 4.79 Å². The highest BCUT2D eigenvalue weighted by Gasteiger charge is 2.28. The van der Waals surface area contributed by atoms with Gasteiger partial charge in [0.2, 0.25) is 0 Å². The molecule has 0 bridgehead atoms. The lowest BCUT2D eigenvalue weighted by Gasteiger charge is -2.35. The molecule has 25 heavy (non-hydrogen) atoms. The summed E-state index contributed by atoms with van der Waals surface area (Å²) in [4.78, 5) is 21.6. The molecule has 1 atom stereocenters. The van der Waals surface area contributed by atoms with Crippen molar-refractivity contribution in [1.29, 1.82) is 0 Å². The topological polar surface area (TPSA) is 40.9 Å². The van der Waals surface area contributed by atoms with Crippen LogP contribution in [0.3, 0.4) is 0 Å². The molecule has 1 aromatic carbocycles. The standard InChI is InChI=1S/C20H22N4O/c1-14-17-7-5-4-6-15(17)8-10-24(14)20(25)16-12-18(22(2)3)19-21-9-11-23(19)13-16/h4-7,9,11-14H,8,10H2,1-3H3/t14-/m1/s1. The molecule has 0 aliphatic carbocycles. The number of hydrogen-bond acceptors (Lipinski definition) is 3. The molecule has 0 saturated heterocycles. The Morgan fingerprint density at radius 3 is 2.88 bits per heavy atom. The fourth-order valence-electron chi connectivity index (χ4n) is 3.68. The molecule has 128 valence electrons. The van der Waals surface area contributed by atoms with E-state index in [9.17, 15) is 4.79 Å². The normalized spacial score (nSPS) is 16.8. The van der Waals surface area contributed by atoms with Gasteiger partial charge in [-0.1, -0.05) is 24.3 Å². The molecule has 2 aromatic heterocycles. The quantitative estimate of drug-likeness (QED) is 0.723. The van der Waals surface area contributed by atoms with Crippen molar-refractivity contribution in [1.82, 2.24) is 14.3 Å². The lowest BCUT2D eigenvalue weighted by Crippen LogP contribution is -2.39. The maximum Gasteiger partial charge on any atom is 0.255 e. The summed E-state index contributed by atoms with van der Waals surface area (Å²) >= 11 is 0. The van der Waals surface area contributed by atoms with Crippen LogP contribution in [0.5, 0.6) is 0 Å². The van der Waals surface area contributed by atoms with Crippen LogP contribution >= 0.6 is 0 Å². The molecule has 3 heterocycles. The molecule has 0 fully saturated rings. The van der Waals surface area contributed by atoms with E-state index in [2.05, 4.69) is 30.1 Å². The van der Waals surface area contributed by atoms with Crippen LogP contribution in [0.4, 0.5) is 5.69 Å². The van der Waals surface area contributed by atoms with Crippen molar-refractivity contribution in [3.63, 3.8) is 0 Å². The zero-order chi connectivity index (χ0) is 17.6. The summed E-state index contributed by atoms with van der Waals surface area (Å²) in [5.74, 6) is 0.0701. The van der Waals surface area contributed by atoms with Crippen LogP contribution in [0.15, 0.2) is 48.9 Å². The highest BCUT2D eigenvalue weighted by molar-refractivity contribution is 5.96. The van der Waals surface area contributed by atoms with E-state index in [0.29, 0.717) is 5.56 Å². The average Bonchev–Trinajstić information content (AvgIpc) is 3.09. The summed E-state index contributed by atoms with van der Waals surface area (Å²) in [5.41, 5.74) is 5.09. The van der Waals surface area contributed by atoms with Gasteiger partial charge in [-0.25, -0.2) is 4.98 Å². The minimum atomic E-state index is 0.0701. The summed E-state index contributed by atoms with van der Waals surface area (Å²) in [6.45, 7) is 2.86. The Morgan fingerprint density at radius 1 is 1.28 bits per heavy atom. The first-order chi connectivity index (χ1) is 12.1. The number of hydrogen-bond donors (Lipinski definition) is 0. The monoisotopic (exact) mass is 334 g/mol. The highest BCUT2D eigenvalue weighted by atomic mass is 16.2. The summed E-state index contributed by atoms with van der Waals surface area (Å²) in [6, 6.07) is 10.4. The number of rotatable bonds is 2. The molecule has 5 heteroatoms. The van der Waals surface area contributed by atoms with Gasteiger partial charge in [-0.2, -0.15) is 0 Å². The third-order valence-electron chi connectivity index (χ3n) is 5.05. The predicted molar refractivity (Wildman–Crippen MR) is 99.1 cm³/mol. The summed E-state index contributed by atoms with van der Waals surface area (Å²) in [7, 11) is 3.94. The molecular weight excluding hydrogens is 312 g/mol. The van der Waals surface area contributed by atoms with Crippen molar-refractivity contribution in [2.75, 3.05) is 25.5 Å². The molecule has 1 amide bonds. The van der Waals surface area contributed by atoms with E-state index < -0.39 is 0 Å². The van der Waals surface area contributed by atoms with Gasteiger partial charge in [0.15, 0.2) is 5.65 Å². The second kappa shape index (κ2) is 5.92. The summed E-state index contributed by atoms with van der Waals surface area (Å²) < 4.78 is 1.92. The first-order valence-electron chi connectivity index (χ1n) is 8.59. The van der Waals surface area contributed by atoms with E-state index in [1.165, 1.54) is 11.1 Å². The Balaban J connectivity index is 1.73. The summed E-state index contributed by atoms with van der Waals surface area (Å²) in [5, 5.41) is 0. The van der Waals surface area contributed by atoms with Crippen LogP contribution in [0.2, 0.25) is 0 Å². The van der Waals surface area contributed by atoms with E-state index in [1.54, 1.807) is 6.20 Å². The number of imidazole rings is 1. The number of benzene rings is 1. The Bertz CT molecular complexity index is 944. The van der Waals surface area contributed by atoms with Crippen LogP contribution in [0.1, 0.15) is 34.5 Å². The number of pyridine rings is 1. The number of fused-ring (bicyclic) bond motifs is 2. The molecule has 0 N–H and O–H groups in total. The number of carbonyl (C=O) groups is 1. The van der Waals surface area contributed by atoms with E-state index in [0.717, 1.165) is 24.3 Å². The fraction of sp³-hybridized carbons (Fsp3) is 0.300. The second-order valence-corrected chi connectivity index (χ2v) is 6.79. The number of nitrogens with zero attached hydrogens (tertiary/aromatic N) is 4. The minimum Gasteiger partial charge on any atom is -0.375 e. The van der Waals surface area contributed by atoms with Gasteiger partial charge in [-0.15, -0.1) is 0 Å². The van der Waals surface area contributed by atoms with Gasteiger partial charge in [0.1, 0.15) is 0 Å². The Hall–Kier alpha value is -2.82. The average molecular weight is 334 g/mol. The van der Waals surface area contributed by atoms with Crippen LogP contribution in [0, 0.1) is 0 Å². The van der Waals surface area contributed by atoms with Crippen molar-refractivity contribution >= 4 is 17.2 Å². The van der Waals surface area contributed by atoms with Crippen molar-refractivity contribution in [3.8, 4) is 0 Å². The third-order valence-corrected chi connectivity index (χ3v) is 5.05. The largest absolute Gasteiger partial charge is 0.375 e. The number of anilines is 1. The fourth-order valence-corrected chi connectivity index (χ4v) is 3.68. The number of amides is 1. The van der Waals surface area contributed by atoms with E-state index in [1.807, 2.05) is 52.8 Å². The Kier molecular flexibility index (Phi) is 3.71. The zero-order valence-corrected chi connectivity index (χ0v) is 14.8. The van der Waals surface area contributed by atoms with Gasteiger partial charge in [-0.05, 0) is 30.5 Å². The molecular formula is C20H22N4O. The minimum absolute atomic E-state index is 0.0701. The zero-order valence-electron chi connectivity index (χ0n) is 14.8. The van der Waals surface area contributed by atoms with Crippen molar-refractivity contribution in [3.05, 3.63) is 65.6 Å². The van der Waals surface area contributed by atoms with E-state index >= 15 is 0 Å². The first-order valence-corrected chi connectivity index (χ1v) is 8.59. The highest BCUT2D eigenvalue weighted by Crippen LogP contribution is 2.31. The smallest absolute Gasteiger partial charge is 0.255 e. The van der Waals surface area contributed by atoms with Crippen LogP contribution in [-0.4, -0.2) is 40.8 Å². The molecule has 3 aromatic rings. The predicted octanol–water partition coefficient (Wildman–Crippen LogP) is 3.16. The molecule has 0 spiro atoms. The lowest BCUT2D eigenvalue weighted by atomic mass is 9.93. The van der Waals surface area contributed by atoms with Crippen LogP contribution in [-0.2, 0) is 6.42 Å².